The Kier molecular flexibility index (Phi) is 4.72. The van der Waals surface area contributed by atoms with Gasteiger partial charge in [0, 0.05) is 30.8 Å². The Morgan fingerprint density at radius 1 is 1.17 bits per heavy atom. The maximum Gasteiger partial charge on any atom is 0.417 e. The highest BCUT2D eigenvalue weighted by atomic mass is 35.5. The summed E-state index contributed by atoms with van der Waals surface area (Å²) in [5, 5.41) is 1.93. The zero-order valence-corrected chi connectivity index (χ0v) is 15.8. The van der Waals surface area contributed by atoms with Crippen molar-refractivity contribution in [2.24, 2.45) is 0 Å². The van der Waals surface area contributed by atoms with Crippen LogP contribution in [0.25, 0.3) is 0 Å². The van der Waals surface area contributed by atoms with Crippen molar-refractivity contribution in [2.45, 2.75) is 44.2 Å². The fraction of sp³-hybridized carbons (Fsp3) is 0.368. The first-order valence-electron chi connectivity index (χ1n) is 8.94. The van der Waals surface area contributed by atoms with Crippen LogP contribution in [0, 0.1) is 0 Å². The smallest absolute Gasteiger partial charge is 0.417 e. The molecule has 1 spiro atoms. The number of rotatable bonds is 3. The molecule has 1 aromatic heterocycles. The van der Waals surface area contributed by atoms with Crippen molar-refractivity contribution in [2.75, 3.05) is 5.32 Å². The third-order valence-corrected chi connectivity index (χ3v) is 5.14. The van der Waals surface area contributed by atoms with Crippen molar-refractivity contribution >= 4 is 23.2 Å². The number of alkyl halides is 3. The van der Waals surface area contributed by atoms with E-state index in [9.17, 15) is 22.8 Å². The van der Waals surface area contributed by atoms with E-state index in [1.54, 1.807) is 18.2 Å². The van der Waals surface area contributed by atoms with E-state index in [0.29, 0.717) is 34.0 Å². The number of benzene rings is 1. The van der Waals surface area contributed by atoms with Gasteiger partial charge in [-0.2, -0.15) is 13.2 Å². The number of ether oxygens (including phenoxy) is 2. The zero-order chi connectivity index (χ0) is 20.8. The molecule has 0 saturated heterocycles. The van der Waals surface area contributed by atoms with Gasteiger partial charge in [0.2, 0.25) is 5.91 Å². The molecule has 1 saturated carbocycles. The van der Waals surface area contributed by atoms with Crippen LogP contribution in [0.3, 0.4) is 0 Å². The Morgan fingerprint density at radius 3 is 2.55 bits per heavy atom. The van der Waals surface area contributed by atoms with Gasteiger partial charge in [-0.1, -0.05) is 11.6 Å². The second-order valence-electron chi connectivity index (χ2n) is 7.04. The monoisotopic (exact) mass is 428 g/mol. The molecular weight excluding hydrogens is 413 g/mol. The molecule has 0 radical (unpaired) electrons. The van der Waals surface area contributed by atoms with E-state index in [2.05, 4.69) is 5.32 Å². The van der Waals surface area contributed by atoms with Gasteiger partial charge in [-0.15, -0.1) is 0 Å². The summed E-state index contributed by atoms with van der Waals surface area (Å²) in [4.78, 5) is 24.3. The quantitative estimate of drug-likeness (QED) is 0.795. The van der Waals surface area contributed by atoms with Gasteiger partial charge in [0.1, 0.15) is 11.6 Å². The predicted molar refractivity (Wildman–Crippen MR) is 98.2 cm³/mol. The van der Waals surface area contributed by atoms with Crippen LogP contribution < -0.4 is 20.3 Å². The molecule has 1 aliphatic carbocycles. The maximum atomic E-state index is 12.9. The minimum atomic E-state index is -4.69. The number of halogens is 4. The molecule has 29 heavy (non-hydrogen) atoms. The largest absolute Gasteiger partial charge is 0.448 e. The topological polar surface area (TPSA) is 69.6 Å². The number of aromatic nitrogens is 1. The third kappa shape index (κ3) is 3.91. The summed E-state index contributed by atoms with van der Waals surface area (Å²) < 4.78 is 51.2. The van der Waals surface area contributed by atoms with E-state index in [1.807, 2.05) is 0 Å². The van der Waals surface area contributed by atoms with E-state index < -0.39 is 40.6 Å². The number of fused-ring (bicyclic) bond motifs is 1. The summed E-state index contributed by atoms with van der Waals surface area (Å²) in [6.45, 7) is -0.624. The molecular formula is C19H16ClF3N2O4. The number of nitrogens with one attached hydrogen (secondary N) is 1. The highest BCUT2D eigenvalue weighted by molar-refractivity contribution is 6.30. The van der Waals surface area contributed by atoms with Gasteiger partial charge in [0.05, 0.1) is 5.56 Å². The van der Waals surface area contributed by atoms with Crippen LogP contribution in [0.2, 0.25) is 5.02 Å². The average molecular weight is 429 g/mol. The minimum absolute atomic E-state index is 0.374. The average Bonchev–Trinajstić information content (AvgIpc) is 3.23. The fourth-order valence-electron chi connectivity index (χ4n) is 3.52. The van der Waals surface area contributed by atoms with Gasteiger partial charge < -0.3 is 19.4 Å². The Hall–Kier alpha value is -2.68. The van der Waals surface area contributed by atoms with Crippen molar-refractivity contribution in [1.29, 1.82) is 0 Å². The van der Waals surface area contributed by atoms with E-state index in [4.69, 9.17) is 21.1 Å². The van der Waals surface area contributed by atoms with Crippen LogP contribution in [0.1, 0.15) is 31.2 Å². The molecule has 1 aromatic carbocycles. The van der Waals surface area contributed by atoms with E-state index >= 15 is 0 Å². The molecule has 1 aliphatic heterocycles. The Labute approximate surface area is 168 Å². The van der Waals surface area contributed by atoms with Gasteiger partial charge in [-0.25, -0.2) is 0 Å². The van der Waals surface area contributed by atoms with Crippen molar-refractivity contribution in [1.82, 2.24) is 4.57 Å². The number of amides is 1. The summed E-state index contributed by atoms with van der Waals surface area (Å²) in [6, 6.07) is 5.37. The summed E-state index contributed by atoms with van der Waals surface area (Å²) in [5.74, 6) is -0.265. The summed E-state index contributed by atoms with van der Waals surface area (Å²) in [7, 11) is 0. The summed E-state index contributed by atoms with van der Waals surface area (Å²) >= 11 is 5.60. The number of hydrogen-bond donors (Lipinski definition) is 1. The number of hydrogen-bond acceptors (Lipinski definition) is 4. The predicted octanol–water partition coefficient (Wildman–Crippen LogP) is 4.20. The first-order valence-corrected chi connectivity index (χ1v) is 9.32. The second-order valence-corrected chi connectivity index (χ2v) is 7.45. The van der Waals surface area contributed by atoms with Crippen LogP contribution in [0.5, 0.6) is 11.5 Å². The Bertz CT molecular complexity index is 1030. The van der Waals surface area contributed by atoms with Crippen molar-refractivity contribution < 1.29 is 27.4 Å². The molecule has 0 unspecified atom stereocenters. The second kappa shape index (κ2) is 6.98. The molecule has 4 rings (SSSR count). The first-order chi connectivity index (χ1) is 13.7. The lowest BCUT2D eigenvalue weighted by Gasteiger charge is -2.21. The van der Waals surface area contributed by atoms with Gasteiger partial charge in [0.25, 0.3) is 11.3 Å². The number of pyridine rings is 1. The number of anilines is 1. The van der Waals surface area contributed by atoms with Crippen LogP contribution in [0.4, 0.5) is 18.9 Å². The Morgan fingerprint density at radius 2 is 1.86 bits per heavy atom. The molecule has 1 amide bonds. The lowest BCUT2D eigenvalue weighted by Crippen LogP contribution is -2.34. The van der Waals surface area contributed by atoms with Crippen LogP contribution in [0.15, 0.2) is 35.3 Å². The molecule has 10 heteroatoms. The molecule has 2 aliphatic rings. The van der Waals surface area contributed by atoms with Crippen molar-refractivity contribution in [3.63, 3.8) is 0 Å². The normalized spacial score (nSPS) is 17.0. The zero-order valence-electron chi connectivity index (χ0n) is 15.0. The highest BCUT2D eigenvalue weighted by Gasteiger charge is 2.44. The SMILES string of the molecule is O=C(Cn1cc(C(F)(F)F)cc(Cl)c1=O)Nc1ccc2c(c1)OC1(CCCC1)O2. The first kappa shape index (κ1) is 19.6. The lowest BCUT2D eigenvalue weighted by molar-refractivity contribution is -0.138. The Balaban J connectivity index is 1.49. The van der Waals surface area contributed by atoms with Crippen LogP contribution >= 0.6 is 11.6 Å². The van der Waals surface area contributed by atoms with Crippen LogP contribution in [-0.2, 0) is 17.5 Å². The van der Waals surface area contributed by atoms with Gasteiger partial charge in [-0.3, -0.25) is 9.59 Å². The van der Waals surface area contributed by atoms with Gasteiger partial charge in [0.15, 0.2) is 11.5 Å². The lowest BCUT2D eigenvalue weighted by atomic mass is 10.2. The molecule has 0 bridgehead atoms. The van der Waals surface area contributed by atoms with E-state index in [0.717, 1.165) is 25.7 Å². The third-order valence-electron chi connectivity index (χ3n) is 4.87. The number of carbonyl (C=O) groups excluding carboxylic acids is 1. The fourth-order valence-corrected chi connectivity index (χ4v) is 3.74. The molecule has 1 fully saturated rings. The molecule has 0 atom stereocenters. The van der Waals surface area contributed by atoms with Gasteiger partial charge in [-0.05, 0) is 31.0 Å². The standard InChI is InChI=1S/C19H16ClF3N2O4/c20-13-7-11(19(21,22)23)9-25(17(13)27)10-16(26)24-12-3-4-14-15(8-12)29-18(28-14)5-1-2-6-18/h3-4,7-9H,1-2,5-6,10H2,(H,24,26). The molecule has 1 N–H and O–H groups in total. The maximum absolute atomic E-state index is 12.9. The minimum Gasteiger partial charge on any atom is -0.448 e. The molecule has 2 aromatic rings. The van der Waals surface area contributed by atoms with Crippen molar-refractivity contribution in [3.8, 4) is 11.5 Å². The molecule has 154 valence electrons. The molecule has 6 nitrogen and oxygen atoms in total. The van der Waals surface area contributed by atoms with Crippen molar-refractivity contribution in [3.05, 3.63) is 51.4 Å². The number of nitrogens with zero attached hydrogens (tertiary/aromatic N) is 1. The highest BCUT2D eigenvalue weighted by Crippen LogP contribution is 2.47. The summed E-state index contributed by atoms with van der Waals surface area (Å²) in [5.41, 5.74) is -1.62. The van der Waals surface area contributed by atoms with E-state index in [-0.39, 0.29) is 0 Å². The van der Waals surface area contributed by atoms with Gasteiger partial charge >= 0.3 is 6.18 Å². The number of carbonyl (C=O) groups is 1. The summed E-state index contributed by atoms with van der Waals surface area (Å²) in [6.07, 6.45) is -0.552. The molecule has 2 heterocycles. The van der Waals surface area contributed by atoms with Crippen LogP contribution in [-0.4, -0.2) is 16.3 Å². The van der Waals surface area contributed by atoms with E-state index in [1.165, 1.54) is 0 Å².